The zero-order valence-corrected chi connectivity index (χ0v) is 17.3. The Bertz CT molecular complexity index is 995. The SMILES string of the molecule is CCN(C)/C=N\c1cc(C)c(-c2cc(-c3ccc(Cl)cc3Cl)no2)cc1C. The van der Waals surface area contributed by atoms with Crippen LogP contribution < -0.4 is 0 Å². The highest BCUT2D eigenvalue weighted by atomic mass is 35.5. The first-order chi connectivity index (χ1) is 12.9. The Morgan fingerprint density at radius 2 is 1.85 bits per heavy atom. The van der Waals surface area contributed by atoms with Crippen LogP contribution in [-0.4, -0.2) is 30.0 Å². The summed E-state index contributed by atoms with van der Waals surface area (Å²) in [6, 6.07) is 11.3. The van der Waals surface area contributed by atoms with Crippen LogP contribution in [0.25, 0.3) is 22.6 Å². The summed E-state index contributed by atoms with van der Waals surface area (Å²) in [6.45, 7) is 7.07. The molecular weight excluding hydrogens is 381 g/mol. The molecule has 4 nitrogen and oxygen atoms in total. The molecule has 140 valence electrons. The van der Waals surface area contributed by atoms with Crippen molar-refractivity contribution in [2.45, 2.75) is 20.8 Å². The van der Waals surface area contributed by atoms with Gasteiger partial charge in [0.25, 0.3) is 0 Å². The van der Waals surface area contributed by atoms with E-state index in [0.29, 0.717) is 21.5 Å². The quantitative estimate of drug-likeness (QED) is 0.359. The summed E-state index contributed by atoms with van der Waals surface area (Å²) < 4.78 is 5.59. The van der Waals surface area contributed by atoms with Crippen molar-refractivity contribution in [1.29, 1.82) is 0 Å². The Kier molecular flexibility index (Phi) is 5.88. The van der Waals surface area contributed by atoms with Crippen LogP contribution in [0, 0.1) is 13.8 Å². The number of aryl methyl sites for hydroxylation is 2. The lowest BCUT2D eigenvalue weighted by atomic mass is 10.0. The van der Waals surface area contributed by atoms with Gasteiger partial charge in [0.05, 0.1) is 17.0 Å². The lowest BCUT2D eigenvalue weighted by Crippen LogP contribution is -2.14. The van der Waals surface area contributed by atoms with Gasteiger partial charge < -0.3 is 9.42 Å². The first-order valence-electron chi connectivity index (χ1n) is 8.67. The molecule has 27 heavy (non-hydrogen) atoms. The minimum absolute atomic E-state index is 0.542. The maximum absolute atomic E-state index is 6.28. The Labute approximate surface area is 169 Å². The van der Waals surface area contributed by atoms with E-state index in [0.717, 1.165) is 34.5 Å². The molecule has 1 aromatic heterocycles. The summed E-state index contributed by atoms with van der Waals surface area (Å²) in [5, 5.41) is 5.31. The molecule has 6 heteroatoms. The van der Waals surface area contributed by atoms with E-state index in [1.54, 1.807) is 12.1 Å². The third-order valence-corrected chi connectivity index (χ3v) is 4.97. The van der Waals surface area contributed by atoms with Crippen LogP contribution in [0.5, 0.6) is 0 Å². The van der Waals surface area contributed by atoms with E-state index in [1.165, 1.54) is 0 Å². The summed E-state index contributed by atoms with van der Waals surface area (Å²) in [5.41, 5.74) is 5.52. The van der Waals surface area contributed by atoms with E-state index in [1.807, 2.05) is 44.3 Å². The Morgan fingerprint density at radius 3 is 2.56 bits per heavy atom. The van der Waals surface area contributed by atoms with Crippen LogP contribution in [0.1, 0.15) is 18.1 Å². The molecule has 0 saturated heterocycles. The fourth-order valence-electron chi connectivity index (χ4n) is 2.67. The van der Waals surface area contributed by atoms with Crippen molar-refractivity contribution in [1.82, 2.24) is 10.1 Å². The van der Waals surface area contributed by atoms with Gasteiger partial charge in [-0.3, -0.25) is 0 Å². The monoisotopic (exact) mass is 401 g/mol. The van der Waals surface area contributed by atoms with Gasteiger partial charge in [0.15, 0.2) is 5.76 Å². The van der Waals surface area contributed by atoms with E-state index in [9.17, 15) is 0 Å². The number of aliphatic imine (C=N–C) groups is 1. The number of hydrogen-bond acceptors (Lipinski definition) is 3. The molecule has 0 amide bonds. The van der Waals surface area contributed by atoms with Crippen molar-refractivity contribution < 1.29 is 4.52 Å². The number of rotatable bonds is 5. The van der Waals surface area contributed by atoms with E-state index in [2.05, 4.69) is 29.2 Å². The van der Waals surface area contributed by atoms with E-state index < -0.39 is 0 Å². The number of halogens is 2. The van der Waals surface area contributed by atoms with Crippen molar-refractivity contribution in [3.05, 3.63) is 57.6 Å². The van der Waals surface area contributed by atoms with Gasteiger partial charge >= 0.3 is 0 Å². The lowest BCUT2D eigenvalue weighted by molar-refractivity contribution is 0.434. The molecule has 0 saturated carbocycles. The molecule has 3 aromatic rings. The second-order valence-electron chi connectivity index (χ2n) is 6.47. The smallest absolute Gasteiger partial charge is 0.167 e. The van der Waals surface area contributed by atoms with Crippen molar-refractivity contribution in [3.63, 3.8) is 0 Å². The van der Waals surface area contributed by atoms with Crippen molar-refractivity contribution in [2.75, 3.05) is 13.6 Å². The average molecular weight is 402 g/mol. The van der Waals surface area contributed by atoms with Crippen molar-refractivity contribution in [2.24, 2.45) is 4.99 Å². The molecule has 0 aliphatic heterocycles. The number of nitrogens with zero attached hydrogens (tertiary/aromatic N) is 3. The van der Waals surface area contributed by atoms with Crippen LogP contribution in [0.15, 0.2) is 45.9 Å². The van der Waals surface area contributed by atoms with Gasteiger partial charge in [0.2, 0.25) is 0 Å². The Morgan fingerprint density at radius 1 is 1.07 bits per heavy atom. The molecule has 0 fully saturated rings. The van der Waals surface area contributed by atoms with Gasteiger partial charge in [-0.15, -0.1) is 0 Å². The molecule has 0 unspecified atom stereocenters. The number of aromatic nitrogens is 1. The van der Waals surface area contributed by atoms with Gasteiger partial charge in [-0.2, -0.15) is 0 Å². The van der Waals surface area contributed by atoms with Gasteiger partial charge in [-0.25, -0.2) is 4.99 Å². The Balaban J connectivity index is 1.95. The van der Waals surface area contributed by atoms with Crippen LogP contribution in [0.4, 0.5) is 5.69 Å². The highest BCUT2D eigenvalue weighted by Crippen LogP contribution is 2.35. The highest BCUT2D eigenvalue weighted by Gasteiger charge is 2.14. The second-order valence-corrected chi connectivity index (χ2v) is 7.32. The predicted molar refractivity (Wildman–Crippen MR) is 113 cm³/mol. The molecule has 0 radical (unpaired) electrons. The third kappa shape index (κ3) is 4.34. The van der Waals surface area contributed by atoms with Crippen LogP contribution in [0.2, 0.25) is 10.0 Å². The Hall–Kier alpha value is -2.30. The summed E-state index contributed by atoms with van der Waals surface area (Å²) in [6.07, 6.45) is 1.84. The summed E-state index contributed by atoms with van der Waals surface area (Å²) in [4.78, 5) is 6.60. The molecule has 0 atom stereocenters. The topological polar surface area (TPSA) is 41.6 Å². The van der Waals surface area contributed by atoms with Crippen molar-refractivity contribution in [3.8, 4) is 22.6 Å². The summed E-state index contributed by atoms with van der Waals surface area (Å²) in [5.74, 6) is 0.692. The largest absolute Gasteiger partial charge is 0.366 e. The summed E-state index contributed by atoms with van der Waals surface area (Å²) in [7, 11) is 2.00. The van der Waals surface area contributed by atoms with Crippen molar-refractivity contribution >= 4 is 35.2 Å². The van der Waals surface area contributed by atoms with Gasteiger partial charge in [0.1, 0.15) is 5.69 Å². The highest BCUT2D eigenvalue weighted by molar-refractivity contribution is 6.36. The molecule has 0 N–H and O–H groups in total. The normalized spacial score (nSPS) is 11.3. The molecule has 0 spiro atoms. The molecule has 0 bridgehead atoms. The maximum atomic E-state index is 6.28. The van der Waals surface area contributed by atoms with E-state index in [-0.39, 0.29) is 0 Å². The van der Waals surface area contributed by atoms with Gasteiger partial charge in [-0.1, -0.05) is 28.4 Å². The maximum Gasteiger partial charge on any atom is 0.167 e. The zero-order chi connectivity index (χ0) is 19.6. The number of benzene rings is 2. The minimum Gasteiger partial charge on any atom is -0.366 e. The fourth-order valence-corrected chi connectivity index (χ4v) is 3.18. The first-order valence-corrected chi connectivity index (χ1v) is 9.42. The van der Waals surface area contributed by atoms with Crippen LogP contribution in [0.3, 0.4) is 0 Å². The molecule has 3 rings (SSSR count). The van der Waals surface area contributed by atoms with E-state index >= 15 is 0 Å². The standard InChI is InChI=1S/C21H21Cl2N3O/c1-5-26(4)12-24-19-9-13(2)17(8-14(19)3)21-11-20(25-27-21)16-7-6-15(22)10-18(16)23/h6-12H,5H2,1-4H3/b24-12-. The molecule has 0 aliphatic rings. The first kappa shape index (κ1) is 19.5. The molecule has 1 heterocycles. The third-order valence-electron chi connectivity index (χ3n) is 4.42. The zero-order valence-electron chi connectivity index (χ0n) is 15.8. The average Bonchev–Trinajstić information content (AvgIpc) is 3.11. The van der Waals surface area contributed by atoms with Crippen LogP contribution >= 0.6 is 23.2 Å². The molecule has 0 aliphatic carbocycles. The second kappa shape index (κ2) is 8.15. The van der Waals surface area contributed by atoms with E-state index in [4.69, 9.17) is 27.7 Å². The minimum atomic E-state index is 0.542. The fraction of sp³-hybridized carbons (Fsp3) is 0.238. The lowest BCUT2D eigenvalue weighted by Gasteiger charge is -2.10. The molecule has 2 aromatic carbocycles. The number of hydrogen-bond donors (Lipinski definition) is 0. The molecular formula is C21H21Cl2N3O. The van der Waals surface area contributed by atoms with Crippen LogP contribution in [-0.2, 0) is 0 Å². The van der Waals surface area contributed by atoms with Gasteiger partial charge in [-0.05, 0) is 62.2 Å². The van der Waals surface area contributed by atoms with Gasteiger partial charge in [0, 0.05) is 35.8 Å². The predicted octanol–water partition coefficient (Wildman–Crippen LogP) is 6.54. The summed E-state index contributed by atoms with van der Waals surface area (Å²) >= 11 is 12.3.